The fraction of sp³-hybridized carbons (Fsp3) is 0.0435. The first-order valence-corrected chi connectivity index (χ1v) is 16.9. The Labute approximate surface area is 278 Å². The number of fused-ring (bicyclic) bond motifs is 10. The summed E-state index contributed by atoms with van der Waals surface area (Å²) >= 11 is 0. The van der Waals surface area contributed by atoms with Crippen molar-refractivity contribution in [2.75, 3.05) is 0 Å². The molecule has 0 atom stereocenters. The molecular formula is C46H30N2. The van der Waals surface area contributed by atoms with Crippen LogP contribution in [0.4, 0.5) is 0 Å². The Morgan fingerprint density at radius 1 is 0.438 bits per heavy atom. The average Bonchev–Trinajstić information content (AvgIpc) is 3.79. The Morgan fingerprint density at radius 2 is 1.12 bits per heavy atom. The van der Waals surface area contributed by atoms with Crippen LogP contribution < -0.4 is 0 Å². The van der Waals surface area contributed by atoms with Gasteiger partial charge in [-0.2, -0.15) is 0 Å². The van der Waals surface area contributed by atoms with Crippen molar-refractivity contribution in [3.8, 4) is 39.1 Å². The van der Waals surface area contributed by atoms with E-state index in [0.717, 1.165) is 12.8 Å². The summed E-state index contributed by atoms with van der Waals surface area (Å²) in [5.74, 6) is 0. The van der Waals surface area contributed by atoms with Gasteiger partial charge in [0, 0.05) is 44.4 Å². The molecule has 0 fully saturated rings. The second-order valence-corrected chi connectivity index (χ2v) is 13.2. The van der Waals surface area contributed by atoms with E-state index in [2.05, 4.69) is 167 Å². The van der Waals surface area contributed by atoms with Crippen LogP contribution in [0.3, 0.4) is 0 Å². The highest BCUT2D eigenvalue weighted by molar-refractivity contribution is 6.25. The molecule has 2 aliphatic rings. The molecule has 0 amide bonds. The molecule has 48 heavy (non-hydrogen) atoms. The molecule has 2 aliphatic carbocycles. The van der Waals surface area contributed by atoms with Crippen LogP contribution >= 0.6 is 0 Å². The summed E-state index contributed by atoms with van der Waals surface area (Å²) in [5.41, 5.74) is 17.0. The highest BCUT2D eigenvalue weighted by atomic mass is 15.0. The first-order valence-electron chi connectivity index (χ1n) is 16.9. The fourth-order valence-corrected chi connectivity index (χ4v) is 8.74. The van der Waals surface area contributed by atoms with Gasteiger partial charge in [-0.3, -0.25) is 0 Å². The third-order valence-electron chi connectivity index (χ3n) is 10.8. The molecule has 0 radical (unpaired) electrons. The molecule has 0 saturated carbocycles. The van der Waals surface area contributed by atoms with Crippen LogP contribution in [0.15, 0.2) is 152 Å². The van der Waals surface area contributed by atoms with E-state index in [1.54, 1.807) is 0 Å². The molecule has 0 bridgehead atoms. The molecule has 0 saturated heterocycles. The second kappa shape index (κ2) is 9.70. The summed E-state index contributed by atoms with van der Waals surface area (Å²) < 4.78 is 5.09. The number of nitrogens with zero attached hydrogens (tertiary/aromatic N) is 2. The van der Waals surface area contributed by atoms with E-state index in [1.807, 2.05) is 0 Å². The van der Waals surface area contributed by atoms with E-state index < -0.39 is 0 Å². The lowest BCUT2D eigenvalue weighted by Crippen LogP contribution is -2.08. The Kier molecular flexibility index (Phi) is 5.25. The van der Waals surface area contributed by atoms with E-state index in [0.29, 0.717) is 0 Å². The van der Waals surface area contributed by atoms with E-state index in [1.165, 1.54) is 99.5 Å². The number of allylic oxidation sites excluding steroid dienone is 1. The van der Waals surface area contributed by atoms with Crippen LogP contribution in [0.1, 0.15) is 17.7 Å². The number of rotatable bonds is 3. The Bertz CT molecular complexity index is 2800. The molecule has 11 rings (SSSR count). The maximum atomic E-state index is 2.60. The Hall–Kier alpha value is -6.12. The van der Waals surface area contributed by atoms with Crippen molar-refractivity contribution in [2.24, 2.45) is 0 Å². The van der Waals surface area contributed by atoms with Crippen molar-refractivity contribution in [3.05, 3.63) is 163 Å². The molecule has 0 spiro atoms. The SMILES string of the molecule is C1=C(n2c3ccccc3c3ccc4c(c32)-c2cccc3cccc-4c23)CCc2c1c1ccccc1n2-c1ccc(-c2ccccc2)cc1. The van der Waals surface area contributed by atoms with Crippen molar-refractivity contribution in [1.82, 2.24) is 9.13 Å². The van der Waals surface area contributed by atoms with E-state index in [9.17, 15) is 0 Å². The maximum Gasteiger partial charge on any atom is 0.0622 e. The minimum atomic E-state index is 0.958. The molecule has 0 aliphatic heterocycles. The zero-order chi connectivity index (χ0) is 31.3. The zero-order valence-electron chi connectivity index (χ0n) is 26.3. The van der Waals surface area contributed by atoms with Gasteiger partial charge in [0.25, 0.3) is 0 Å². The van der Waals surface area contributed by atoms with Gasteiger partial charge < -0.3 is 9.13 Å². The van der Waals surface area contributed by atoms with Gasteiger partial charge in [0.05, 0.1) is 16.6 Å². The zero-order valence-corrected chi connectivity index (χ0v) is 26.3. The van der Waals surface area contributed by atoms with Crippen molar-refractivity contribution >= 4 is 55.3 Å². The quantitative estimate of drug-likeness (QED) is 0.188. The third kappa shape index (κ3) is 3.47. The van der Waals surface area contributed by atoms with Gasteiger partial charge in [0.15, 0.2) is 0 Å². The van der Waals surface area contributed by atoms with Crippen molar-refractivity contribution < 1.29 is 0 Å². The second-order valence-electron chi connectivity index (χ2n) is 13.2. The molecule has 0 unspecified atom stereocenters. The van der Waals surface area contributed by atoms with E-state index >= 15 is 0 Å². The van der Waals surface area contributed by atoms with Crippen LogP contribution in [0.5, 0.6) is 0 Å². The summed E-state index contributed by atoms with van der Waals surface area (Å²) in [5, 5.41) is 6.62. The van der Waals surface area contributed by atoms with Crippen LogP contribution in [0.25, 0.3) is 94.3 Å². The lowest BCUT2D eigenvalue weighted by Gasteiger charge is -2.21. The summed E-state index contributed by atoms with van der Waals surface area (Å²) in [6, 6.07) is 55.8. The number of benzene rings is 7. The predicted molar refractivity (Wildman–Crippen MR) is 203 cm³/mol. The first-order chi connectivity index (χ1) is 23.8. The Balaban J connectivity index is 1.15. The number of hydrogen-bond acceptors (Lipinski definition) is 0. The van der Waals surface area contributed by atoms with E-state index in [4.69, 9.17) is 0 Å². The topological polar surface area (TPSA) is 9.86 Å². The molecule has 224 valence electrons. The Morgan fingerprint density at radius 3 is 1.94 bits per heavy atom. The number of para-hydroxylation sites is 2. The molecule has 7 aromatic carbocycles. The lowest BCUT2D eigenvalue weighted by atomic mass is 9.98. The van der Waals surface area contributed by atoms with Gasteiger partial charge in [0.1, 0.15) is 0 Å². The van der Waals surface area contributed by atoms with Gasteiger partial charge in [-0.1, -0.05) is 127 Å². The minimum Gasteiger partial charge on any atom is -0.313 e. The van der Waals surface area contributed by atoms with E-state index in [-0.39, 0.29) is 0 Å². The molecule has 2 nitrogen and oxygen atoms in total. The van der Waals surface area contributed by atoms with Gasteiger partial charge in [-0.05, 0) is 81.8 Å². The number of hydrogen-bond donors (Lipinski definition) is 0. The first kappa shape index (κ1) is 26.0. The van der Waals surface area contributed by atoms with Crippen molar-refractivity contribution in [1.29, 1.82) is 0 Å². The van der Waals surface area contributed by atoms with Crippen molar-refractivity contribution in [3.63, 3.8) is 0 Å². The predicted octanol–water partition coefficient (Wildman–Crippen LogP) is 12.2. The fourth-order valence-electron chi connectivity index (χ4n) is 8.74. The average molecular weight is 611 g/mol. The molecule has 2 aromatic heterocycles. The molecule has 9 aromatic rings. The van der Waals surface area contributed by atoms with Gasteiger partial charge in [0.2, 0.25) is 0 Å². The smallest absolute Gasteiger partial charge is 0.0622 e. The number of aromatic nitrogens is 2. The summed E-state index contributed by atoms with van der Waals surface area (Å²) in [4.78, 5) is 0. The monoisotopic (exact) mass is 610 g/mol. The molecule has 0 N–H and O–H groups in total. The van der Waals surface area contributed by atoms with Crippen LogP contribution in [0.2, 0.25) is 0 Å². The minimum absolute atomic E-state index is 0.958. The molecular weight excluding hydrogens is 581 g/mol. The van der Waals surface area contributed by atoms with Crippen LogP contribution in [-0.4, -0.2) is 9.13 Å². The normalized spacial score (nSPS) is 13.4. The highest BCUT2D eigenvalue weighted by Gasteiger charge is 2.29. The summed E-state index contributed by atoms with van der Waals surface area (Å²) in [6.45, 7) is 0. The lowest BCUT2D eigenvalue weighted by molar-refractivity contribution is 0.873. The van der Waals surface area contributed by atoms with Gasteiger partial charge in [-0.25, -0.2) is 0 Å². The van der Waals surface area contributed by atoms with Crippen LogP contribution in [-0.2, 0) is 6.42 Å². The summed E-state index contributed by atoms with van der Waals surface area (Å²) in [6.07, 6.45) is 4.42. The third-order valence-corrected chi connectivity index (χ3v) is 10.8. The van der Waals surface area contributed by atoms with Crippen LogP contribution in [0, 0.1) is 0 Å². The largest absolute Gasteiger partial charge is 0.313 e. The standard InChI is InChI=1S/C46H30N2/c1-2-10-29(11-3-1)30-20-22-32(23-21-30)47-41-18-6-5-15-35(41)40-28-33(24-27-43(40)47)48-42-19-7-4-14-34(42)38-26-25-37-36-16-8-12-31-13-9-17-39(44(31)36)45(37)46(38)48/h1-23,25-26,28H,24,27H2. The highest BCUT2D eigenvalue weighted by Crippen LogP contribution is 2.52. The summed E-state index contributed by atoms with van der Waals surface area (Å²) in [7, 11) is 0. The molecule has 2 heterocycles. The molecule has 2 heteroatoms. The van der Waals surface area contributed by atoms with Crippen molar-refractivity contribution in [2.45, 2.75) is 12.8 Å². The van der Waals surface area contributed by atoms with Gasteiger partial charge >= 0.3 is 0 Å². The maximum absolute atomic E-state index is 2.60. The van der Waals surface area contributed by atoms with Gasteiger partial charge in [-0.15, -0.1) is 0 Å².